The lowest BCUT2D eigenvalue weighted by atomic mass is 10.1. The van der Waals surface area contributed by atoms with Crippen molar-refractivity contribution >= 4 is 11.8 Å². The van der Waals surface area contributed by atoms with Crippen LogP contribution in [0.4, 0.5) is 0 Å². The minimum atomic E-state index is 0.139. The molecule has 1 aromatic carbocycles. The molecular weight excluding hydrogens is 156 g/mol. The summed E-state index contributed by atoms with van der Waals surface area (Å²) in [5.41, 5.74) is 2.18. The second-order valence-electron chi connectivity index (χ2n) is 2.45. The maximum absolute atomic E-state index is 8.93. The summed E-state index contributed by atoms with van der Waals surface area (Å²) in [5, 5.41) is 8.93. The average Bonchev–Trinajstić information content (AvgIpc) is 2.05. The fourth-order valence-corrected chi connectivity index (χ4v) is 1.41. The molecule has 2 heteroatoms. The summed E-state index contributed by atoms with van der Waals surface area (Å²) in [7, 11) is 0. The Morgan fingerprint density at radius 2 is 2.18 bits per heavy atom. The predicted molar refractivity (Wildman–Crippen MR) is 48.9 cm³/mol. The summed E-state index contributed by atoms with van der Waals surface area (Å²) in [6.07, 6.45) is 2.03. The number of benzene rings is 1. The molecule has 0 unspecified atom stereocenters. The van der Waals surface area contributed by atoms with Crippen molar-refractivity contribution in [2.45, 2.75) is 18.4 Å². The van der Waals surface area contributed by atoms with Gasteiger partial charge in [0.2, 0.25) is 0 Å². The molecule has 60 valence electrons. The predicted octanol–water partition coefficient (Wildman–Crippen LogP) is 2.21. The standard InChI is InChI=1S/C9H12OS/c1-7-3-4-9(11-2)5-8(7)6-10/h3-5,10H,6H2,1-2H3. The molecule has 11 heavy (non-hydrogen) atoms. The van der Waals surface area contributed by atoms with Gasteiger partial charge in [0, 0.05) is 4.90 Å². The van der Waals surface area contributed by atoms with Crippen molar-refractivity contribution in [3.05, 3.63) is 29.3 Å². The second kappa shape index (κ2) is 3.79. The van der Waals surface area contributed by atoms with Gasteiger partial charge in [-0.15, -0.1) is 11.8 Å². The number of aliphatic hydroxyl groups is 1. The Balaban J connectivity index is 3.02. The molecule has 0 radical (unpaired) electrons. The molecule has 0 saturated carbocycles. The zero-order chi connectivity index (χ0) is 8.27. The topological polar surface area (TPSA) is 20.2 Å². The quantitative estimate of drug-likeness (QED) is 0.683. The molecule has 1 nitrogen and oxygen atoms in total. The Hall–Kier alpha value is -0.470. The Kier molecular flexibility index (Phi) is 2.97. The van der Waals surface area contributed by atoms with E-state index in [1.807, 2.05) is 25.3 Å². The molecule has 0 aromatic heterocycles. The molecule has 0 atom stereocenters. The van der Waals surface area contributed by atoms with Crippen molar-refractivity contribution in [1.82, 2.24) is 0 Å². The van der Waals surface area contributed by atoms with Crippen molar-refractivity contribution in [2.75, 3.05) is 6.26 Å². The molecule has 0 saturated heterocycles. The van der Waals surface area contributed by atoms with Gasteiger partial charge in [-0.05, 0) is 36.4 Å². The second-order valence-corrected chi connectivity index (χ2v) is 3.33. The number of aryl methyl sites for hydroxylation is 1. The van der Waals surface area contributed by atoms with Crippen LogP contribution in [0.5, 0.6) is 0 Å². The van der Waals surface area contributed by atoms with Gasteiger partial charge in [0.25, 0.3) is 0 Å². The van der Waals surface area contributed by atoms with Gasteiger partial charge >= 0.3 is 0 Å². The summed E-state index contributed by atoms with van der Waals surface area (Å²) in [5.74, 6) is 0. The average molecular weight is 168 g/mol. The number of rotatable bonds is 2. The minimum absolute atomic E-state index is 0.139. The SMILES string of the molecule is CSc1ccc(C)c(CO)c1. The van der Waals surface area contributed by atoms with Crippen LogP contribution in [-0.4, -0.2) is 11.4 Å². The van der Waals surface area contributed by atoms with Crippen LogP contribution in [0.15, 0.2) is 23.1 Å². The molecule has 1 rings (SSSR count). The largest absolute Gasteiger partial charge is 0.392 e. The van der Waals surface area contributed by atoms with E-state index in [0.717, 1.165) is 11.1 Å². The van der Waals surface area contributed by atoms with E-state index in [0.29, 0.717) is 0 Å². The summed E-state index contributed by atoms with van der Waals surface area (Å²) in [6, 6.07) is 6.14. The van der Waals surface area contributed by atoms with E-state index in [-0.39, 0.29) is 6.61 Å². The number of hydrogen-bond acceptors (Lipinski definition) is 2. The Morgan fingerprint density at radius 1 is 1.45 bits per heavy atom. The molecule has 1 aromatic rings. The van der Waals surface area contributed by atoms with Gasteiger partial charge < -0.3 is 5.11 Å². The Labute approximate surface area is 71.4 Å². The van der Waals surface area contributed by atoms with Gasteiger partial charge in [0.15, 0.2) is 0 Å². The van der Waals surface area contributed by atoms with Crippen molar-refractivity contribution in [2.24, 2.45) is 0 Å². The van der Waals surface area contributed by atoms with Gasteiger partial charge in [-0.1, -0.05) is 6.07 Å². The Bertz CT molecular complexity index is 245. The maximum Gasteiger partial charge on any atom is 0.0684 e. The molecule has 0 bridgehead atoms. The molecule has 0 heterocycles. The minimum Gasteiger partial charge on any atom is -0.392 e. The van der Waals surface area contributed by atoms with Crippen LogP contribution >= 0.6 is 11.8 Å². The lowest BCUT2D eigenvalue weighted by Crippen LogP contribution is -1.87. The van der Waals surface area contributed by atoms with Crippen LogP contribution in [0, 0.1) is 6.92 Å². The first-order chi connectivity index (χ1) is 5.27. The fraction of sp³-hybridized carbons (Fsp3) is 0.333. The monoisotopic (exact) mass is 168 g/mol. The van der Waals surface area contributed by atoms with Crippen molar-refractivity contribution in [3.8, 4) is 0 Å². The smallest absolute Gasteiger partial charge is 0.0684 e. The lowest BCUT2D eigenvalue weighted by molar-refractivity contribution is 0.281. The van der Waals surface area contributed by atoms with Gasteiger partial charge in [0.05, 0.1) is 6.61 Å². The molecule has 0 aliphatic rings. The lowest BCUT2D eigenvalue weighted by Gasteiger charge is -2.03. The highest BCUT2D eigenvalue weighted by Gasteiger charge is 1.97. The highest BCUT2D eigenvalue weighted by atomic mass is 32.2. The first-order valence-corrected chi connectivity index (χ1v) is 4.74. The highest BCUT2D eigenvalue weighted by Crippen LogP contribution is 2.18. The van der Waals surface area contributed by atoms with Crippen LogP contribution < -0.4 is 0 Å². The van der Waals surface area contributed by atoms with E-state index in [9.17, 15) is 0 Å². The van der Waals surface area contributed by atoms with Crippen molar-refractivity contribution in [3.63, 3.8) is 0 Å². The molecule has 0 aliphatic carbocycles. The third kappa shape index (κ3) is 1.98. The van der Waals surface area contributed by atoms with E-state index < -0.39 is 0 Å². The molecular formula is C9H12OS. The van der Waals surface area contributed by atoms with E-state index in [4.69, 9.17) is 5.11 Å². The third-order valence-electron chi connectivity index (χ3n) is 1.73. The number of hydrogen-bond donors (Lipinski definition) is 1. The van der Waals surface area contributed by atoms with Gasteiger partial charge in [-0.2, -0.15) is 0 Å². The van der Waals surface area contributed by atoms with E-state index in [2.05, 4.69) is 6.07 Å². The van der Waals surface area contributed by atoms with Gasteiger partial charge in [-0.3, -0.25) is 0 Å². The summed E-state index contributed by atoms with van der Waals surface area (Å²) in [6.45, 7) is 2.15. The normalized spacial score (nSPS) is 10.1. The summed E-state index contributed by atoms with van der Waals surface area (Å²) >= 11 is 1.70. The van der Waals surface area contributed by atoms with Gasteiger partial charge in [0.1, 0.15) is 0 Å². The Morgan fingerprint density at radius 3 is 2.73 bits per heavy atom. The van der Waals surface area contributed by atoms with E-state index >= 15 is 0 Å². The van der Waals surface area contributed by atoms with Crippen molar-refractivity contribution in [1.29, 1.82) is 0 Å². The van der Waals surface area contributed by atoms with Crippen LogP contribution in [0.3, 0.4) is 0 Å². The van der Waals surface area contributed by atoms with Gasteiger partial charge in [-0.25, -0.2) is 0 Å². The van der Waals surface area contributed by atoms with Crippen LogP contribution in [0.2, 0.25) is 0 Å². The molecule has 0 spiro atoms. The zero-order valence-electron chi connectivity index (χ0n) is 6.79. The third-order valence-corrected chi connectivity index (χ3v) is 2.45. The molecule has 0 fully saturated rings. The molecule has 0 aliphatic heterocycles. The van der Waals surface area contributed by atoms with Crippen LogP contribution in [0.25, 0.3) is 0 Å². The summed E-state index contributed by atoms with van der Waals surface area (Å²) in [4.78, 5) is 1.21. The first-order valence-electron chi connectivity index (χ1n) is 3.52. The number of thioether (sulfide) groups is 1. The zero-order valence-corrected chi connectivity index (χ0v) is 7.61. The fourth-order valence-electron chi connectivity index (χ4n) is 0.945. The maximum atomic E-state index is 8.93. The van der Waals surface area contributed by atoms with E-state index in [1.54, 1.807) is 11.8 Å². The van der Waals surface area contributed by atoms with Crippen molar-refractivity contribution < 1.29 is 5.11 Å². The first kappa shape index (κ1) is 8.62. The number of aliphatic hydroxyl groups excluding tert-OH is 1. The van der Waals surface area contributed by atoms with Crippen LogP contribution in [0.1, 0.15) is 11.1 Å². The summed E-state index contributed by atoms with van der Waals surface area (Å²) < 4.78 is 0. The van der Waals surface area contributed by atoms with E-state index in [1.165, 1.54) is 4.90 Å². The molecule has 0 amide bonds. The highest BCUT2D eigenvalue weighted by molar-refractivity contribution is 7.98. The van der Waals surface area contributed by atoms with Crippen LogP contribution in [-0.2, 0) is 6.61 Å². The molecule has 1 N–H and O–H groups in total.